The van der Waals surface area contributed by atoms with Crippen LogP contribution in [-0.4, -0.2) is 50.6 Å². The van der Waals surface area contributed by atoms with Crippen LogP contribution < -0.4 is 5.32 Å². The van der Waals surface area contributed by atoms with Gasteiger partial charge in [-0.3, -0.25) is 15.0 Å². The zero-order valence-electron chi connectivity index (χ0n) is 14.6. The zero-order valence-corrected chi connectivity index (χ0v) is 15.4. The van der Waals surface area contributed by atoms with Crippen LogP contribution in [0.5, 0.6) is 0 Å². The number of piperidine rings is 1. The van der Waals surface area contributed by atoms with Crippen molar-refractivity contribution in [1.29, 1.82) is 0 Å². The third-order valence-electron chi connectivity index (χ3n) is 4.42. The first-order valence-corrected chi connectivity index (χ1v) is 9.58. The number of amides is 1. The lowest BCUT2D eigenvalue weighted by Crippen LogP contribution is -2.37. The standard InChI is InChI=1S/C18H20N6OS/c1-12-22-23-17(26-12)13-5-6-14-10-19-18(20-15(14)9-13)21-16(25)11-24-7-3-2-4-8-24/h5-6,9-10H,2-4,7-8,11H2,1H3,(H,19,20,21,25). The molecule has 0 saturated carbocycles. The number of hydrogen-bond donors (Lipinski definition) is 1. The van der Waals surface area contributed by atoms with Crippen LogP contribution in [0.1, 0.15) is 24.3 Å². The highest BCUT2D eigenvalue weighted by atomic mass is 32.1. The SMILES string of the molecule is Cc1nnc(-c2ccc3cnc(NC(=O)CN4CCCCC4)nc3c2)s1. The minimum Gasteiger partial charge on any atom is -0.295 e. The summed E-state index contributed by atoms with van der Waals surface area (Å²) < 4.78 is 0. The number of hydrogen-bond acceptors (Lipinski definition) is 7. The van der Waals surface area contributed by atoms with E-state index in [0.29, 0.717) is 12.5 Å². The van der Waals surface area contributed by atoms with E-state index in [-0.39, 0.29) is 5.91 Å². The van der Waals surface area contributed by atoms with Gasteiger partial charge < -0.3 is 0 Å². The Kier molecular flexibility index (Phi) is 4.85. The van der Waals surface area contributed by atoms with Crippen LogP contribution in [0.2, 0.25) is 0 Å². The molecule has 4 rings (SSSR count). The molecule has 1 saturated heterocycles. The minimum atomic E-state index is -0.0675. The lowest BCUT2D eigenvalue weighted by atomic mass is 10.1. The molecule has 0 aliphatic carbocycles. The van der Waals surface area contributed by atoms with E-state index < -0.39 is 0 Å². The van der Waals surface area contributed by atoms with Gasteiger partial charge in [0.2, 0.25) is 11.9 Å². The molecule has 26 heavy (non-hydrogen) atoms. The molecular formula is C18H20N6OS. The second-order valence-corrected chi connectivity index (χ2v) is 7.66. The van der Waals surface area contributed by atoms with Gasteiger partial charge >= 0.3 is 0 Å². The quantitative estimate of drug-likeness (QED) is 0.762. The normalized spacial score (nSPS) is 15.3. The van der Waals surface area contributed by atoms with Gasteiger partial charge in [-0.2, -0.15) is 0 Å². The molecule has 1 amide bonds. The molecule has 3 heterocycles. The third-order valence-corrected chi connectivity index (χ3v) is 5.31. The molecule has 0 radical (unpaired) electrons. The van der Waals surface area contributed by atoms with Crippen LogP contribution in [0.3, 0.4) is 0 Å². The second-order valence-electron chi connectivity index (χ2n) is 6.48. The van der Waals surface area contributed by atoms with Crippen molar-refractivity contribution in [3.63, 3.8) is 0 Å². The highest BCUT2D eigenvalue weighted by Crippen LogP contribution is 2.26. The fourth-order valence-electron chi connectivity index (χ4n) is 3.11. The highest BCUT2D eigenvalue weighted by Gasteiger charge is 2.15. The van der Waals surface area contributed by atoms with Gasteiger partial charge in [0.1, 0.15) is 10.0 Å². The van der Waals surface area contributed by atoms with Gasteiger partial charge in [0.15, 0.2) is 0 Å². The number of rotatable bonds is 4. The van der Waals surface area contributed by atoms with E-state index in [2.05, 4.69) is 30.4 Å². The topological polar surface area (TPSA) is 83.9 Å². The number of anilines is 1. The number of likely N-dealkylation sites (tertiary alicyclic amines) is 1. The summed E-state index contributed by atoms with van der Waals surface area (Å²) in [4.78, 5) is 23.2. The van der Waals surface area contributed by atoms with E-state index in [4.69, 9.17) is 0 Å². The van der Waals surface area contributed by atoms with Crippen LogP contribution in [0.15, 0.2) is 24.4 Å². The lowest BCUT2D eigenvalue weighted by molar-refractivity contribution is -0.117. The average molecular weight is 368 g/mol. The van der Waals surface area contributed by atoms with Gasteiger partial charge in [-0.05, 0) is 38.9 Å². The van der Waals surface area contributed by atoms with Crippen molar-refractivity contribution in [2.75, 3.05) is 25.0 Å². The fraction of sp³-hybridized carbons (Fsp3) is 0.389. The van der Waals surface area contributed by atoms with Crippen LogP contribution in [0, 0.1) is 6.92 Å². The number of carbonyl (C=O) groups is 1. The Morgan fingerprint density at radius 1 is 1.23 bits per heavy atom. The molecule has 1 aliphatic rings. The van der Waals surface area contributed by atoms with Gasteiger partial charge in [-0.25, -0.2) is 9.97 Å². The van der Waals surface area contributed by atoms with E-state index in [1.165, 1.54) is 6.42 Å². The summed E-state index contributed by atoms with van der Waals surface area (Å²) in [6, 6.07) is 5.90. The number of aromatic nitrogens is 4. The highest BCUT2D eigenvalue weighted by molar-refractivity contribution is 7.14. The Bertz CT molecular complexity index is 934. The molecule has 134 valence electrons. The first kappa shape index (κ1) is 17.0. The maximum absolute atomic E-state index is 12.3. The van der Waals surface area contributed by atoms with Gasteiger partial charge in [0, 0.05) is 17.1 Å². The van der Waals surface area contributed by atoms with Crippen molar-refractivity contribution in [3.8, 4) is 10.6 Å². The molecule has 3 aromatic rings. The van der Waals surface area contributed by atoms with Crippen molar-refractivity contribution in [1.82, 2.24) is 25.1 Å². The number of carbonyl (C=O) groups excluding carboxylic acids is 1. The summed E-state index contributed by atoms with van der Waals surface area (Å²) in [5.41, 5.74) is 1.74. The first-order valence-electron chi connectivity index (χ1n) is 8.77. The smallest absolute Gasteiger partial charge is 0.240 e. The monoisotopic (exact) mass is 368 g/mol. The number of aryl methyl sites for hydroxylation is 1. The van der Waals surface area contributed by atoms with E-state index in [1.54, 1.807) is 17.5 Å². The number of nitrogens with zero attached hydrogens (tertiary/aromatic N) is 5. The summed E-state index contributed by atoms with van der Waals surface area (Å²) in [6.45, 7) is 4.29. The summed E-state index contributed by atoms with van der Waals surface area (Å²) in [7, 11) is 0. The number of nitrogens with one attached hydrogen (secondary N) is 1. The van der Waals surface area contributed by atoms with Crippen LogP contribution >= 0.6 is 11.3 Å². The van der Waals surface area contributed by atoms with Crippen molar-refractivity contribution < 1.29 is 4.79 Å². The van der Waals surface area contributed by atoms with E-state index in [9.17, 15) is 4.79 Å². The maximum Gasteiger partial charge on any atom is 0.240 e. The molecule has 1 N–H and O–H groups in total. The molecule has 1 fully saturated rings. The lowest BCUT2D eigenvalue weighted by Gasteiger charge is -2.25. The second kappa shape index (κ2) is 7.43. The van der Waals surface area contributed by atoms with E-state index in [0.717, 1.165) is 52.4 Å². The molecule has 0 spiro atoms. The van der Waals surface area contributed by atoms with E-state index in [1.807, 2.05) is 25.1 Å². The summed E-state index contributed by atoms with van der Waals surface area (Å²) >= 11 is 1.54. The molecule has 1 aliphatic heterocycles. The van der Waals surface area contributed by atoms with Crippen LogP contribution in [-0.2, 0) is 4.79 Å². The van der Waals surface area contributed by atoms with E-state index >= 15 is 0 Å². The first-order chi connectivity index (χ1) is 12.7. The summed E-state index contributed by atoms with van der Waals surface area (Å²) in [5.74, 6) is 0.271. The number of fused-ring (bicyclic) bond motifs is 1. The largest absolute Gasteiger partial charge is 0.295 e. The van der Waals surface area contributed by atoms with Crippen molar-refractivity contribution in [2.45, 2.75) is 26.2 Å². The number of benzene rings is 1. The van der Waals surface area contributed by atoms with Gasteiger partial charge in [0.25, 0.3) is 0 Å². The summed E-state index contributed by atoms with van der Waals surface area (Å²) in [5, 5.41) is 13.8. The zero-order chi connectivity index (χ0) is 17.9. The Labute approximate surface area is 155 Å². The Morgan fingerprint density at radius 3 is 2.85 bits per heavy atom. The molecule has 2 aromatic heterocycles. The molecule has 0 atom stereocenters. The Hall–Kier alpha value is -2.45. The fourth-order valence-corrected chi connectivity index (χ4v) is 3.80. The molecule has 0 unspecified atom stereocenters. The van der Waals surface area contributed by atoms with Gasteiger partial charge in [-0.1, -0.05) is 29.9 Å². The Balaban J connectivity index is 1.51. The minimum absolute atomic E-state index is 0.0675. The average Bonchev–Trinajstić information content (AvgIpc) is 3.08. The molecular weight excluding hydrogens is 348 g/mol. The Morgan fingerprint density at radius 2 is 2.08 bits per heavy atom. The van der Waals surface area contributed by atoms with Crippen LogP contribution in [0.4, 0.5) is 5.95 Å². The predicted molar refractivity (Wildman–Crippen MR) is 102 cm³/mol. The van der Waals surface area contributed by atoms with Crippen molar-refractivity contribution >= 4 is 34.1 Å². The molecule has 8 heteroatoms. The predicted octanol–water partition coefficient (Wildman–Crippen LogP) is 2.88. The van der Waals surface area contributed by atoms with Crippen molar-refractivity contribution in [2.24, 2.45) is 0 Å². The van der Waals surface area contributed by atoms with Gasteiger partial charge in [0.05, 0.1) is 12.1 Å². The molecule has 0 bridgehead atoms. The van der Waals surface area contributed by atoms with Crippen LogP contribution in [0.25, 0.3) is 21.5 Å². The van der Waals surface area contributed by atoms with Crippen molar-refractivity contribution in [3.05, 3.63) is 29.4 Å². The van der Waals surface area contributed by atoms with Gasteiger partial charge in [-0.15, -0.1) is 10.2 Å². The maximum atomic E-state index is 12.3. The summed E-state index contributed by atoms with van der Waals surface area (Å²) in [6.07, 6.45) is 5.30. The molecule has 1 aromatic carbocycles. The third kappa shape index (κ3) is 3.86. The molecule has 7 nitrogen and oxygen atoms in total.